The van der Waals surface area contributed by atoms with E-state index >= 15 is 0 Å². The standard InChI is InChI=1S/C10H15N5O3/c1-6-3-7(14-18-6)4-15(5-16)10(17)8(11)9(12)13-2/h3,5,13H,4,11-12H2,1-2H3/b9-8+. The molecule has 0 saturated heterocycles. The van der Waals surface area contributed by atoms with Crippen molar-refractivity contribution in [3.05, 3.63) is 29.0 Å². The van der Waals surface area contributed by atoms with Crippen molar-refractivity contribution in [3.63, 3.8) is 0 Å². The van der Waals surface area contributed by atoms with Gasteiger partial charge in [0.15, 0.2) is 0 Å². The first-order chi connectivity index (χ1) is 8.49. The first kappa shape index (κ1) is 13.6. The van der Waals surface area contributed by atoms with E-state index in [4.69, 9.17) is 16.0 Å². The minimum atomic E-state index is -0.697. The molecule has 0 spiro atoms. The number of aryl methyl sites for hydroxylation is 1. The van der Waals surface area contributed by atoms with Gasteiger partial charge in [0.2, 0.25) is 6.41 Å². The summed E-state index contributed by atoms with van der Waals surface area (Å²) in [5, 5.41) is 6.21. The molecule has 98 valence electrons. The van der Waals surface area contributed by atoms with E-state index in [0.717, 1.165) is 4.90 Å². The average molecular weight is 253 g/mol. The van der Waals surface area contributed by atoms with Gasteiger partial charge < -0.3 is 21.3 Å². The maximum Gasteiger partial charge on any atom is 0.280 e. The Balaban J connectivity index is 2.84. The van der Waals surface area contributed by atoms with Crippen LogP contribution in [0, 0.1) is 6.92 Å². The number of rotatable bonds is 5. The Morgan fingerprint density at radius 3 is 2.72 bits per heavy atom. The third-order valence-corrected chi connectivity index (χ3v) is 2.19. The lowest BCUT2D eigenvalue weighted by Crippen LogP contribution is -2.36. The van der Waals surface area contributed by atoms with E-state index in [-0.39, 0.29) is 18.1 Å². The summed E-state index contributed by atoms with van der Waals surface area (Å²) >= 11 is 0. The monoisotopic (exact) mass is 253 g/mol. The molecule has 0 bridgehead atoms. The molecule has 0 atom stereocenters. The van der Waals surface area contributed by atoms with Gasteiger partial charge in [-0.15, -0.1) is 0 Å². The quantitative estimate of drug-likeness (QED) is 0.443. The van der Waals surface area contributed by atoms with E-state index in [1.54, 1.807) is 13.0 Å². The van der Waals surface area contributed by atoms with Gasteiger partial charge in [-0.05, 0) is 6.92 Å². The Morgan fingerprint density at radius 1 is 1.61 bits per heavy atom. The molecule has 0 aliphatic rings. The zero-order chi connectivity index (χ0) is 13.7. The van der Waals surface area contributed by atoms with Crippen LogP contribution in [-0.4, -0.2) is 29.4 Å². The number of carbonyl (C=O) groups is 2. The summed E-state index contributed by atoms with van der Waals surface area (Å²) in [6.45, 7) is 1.67. The lowest BCUT2D eigenvalue weighted by atomic mass is 10.3. The predicted octanol–water partition coefficient (Wildman–Crippen LogP) is -1.23. The van der Waals surface area contributed by atoms with Gasteiger partial charge in [0, 0.05) is 13.1 Å². The van der Waals surface area contributed by atoms with Crippen LogP contribution < -0.4 is 16.8 Å². The van der Waals surface area contributed by atoms with Crippen LogP contribution in [0.4, 0.5) is 0 Å². The predicted molar refractivity (Wildman–Crippen MR) is 62.3 cm³/mol. The number of amides is 2. The highest BCUT2D eigenvalue weighted by Gasteiger charge is 2.19. The molecule has 1 aromatic rings. The molecule has 8 heteroatoms. The summed E-state index contributed by atoms with van der Waals surface area (Å²) in [4.78, 5) is 23.6. The largest absolute Gasteiger partial charge is 0.391 e. The van der Waals surface area contributed by atoms with Crippen LogP contribution in [0.2, 0.25) is 0 Å². The molecule has 8 nitrogen and oxygen atoms in total. The van der Waals surface area contributed by atoms with Gasteiger partial charge in [-0.2, -0.15) is 0 Å². The Bertz CT molecular complexity index is 480. The van der Waals surface area contributed by atoms with Gasteiger partial charge in [0.25, 0.3) is 5.91 Å². The summed E-state index contributed by atoms with van der Waals surface area (Å²) in [7, 11) is 1.52. The van der Waals surface area contributed by atoms with Crippen LogP contribution in [-0.2, 0) is 16.1 Å². The number of hydrogen-bond acceptors (Lipinski definition) is 7. The molecule has 1 heterocycles. The Labute approximate surface area is 104 Å². The number of nitrogens with one attached hydrogen (secondary N) is 1. The molecule has 2 amide bonds. The van der Waals surface area contributed by atoms with Gasteiger partial charge in [-0.25, -0.2) is 0 Å². The number of hydrogen-bond donors (Lipinski definition) is 3. The molecule has 18 heavy (non-hydrogen) atoms. The van der Waals surface area contributed by atoms with Crippen molar-refractivity contribution < 1.29 is 14.1 Å². The fourth-order valence-corrected chi connectivity index (χ4v) is 1.23. The topological polar surface area (TPSA) is 127 Å². The van der Waals surface area contributed by atoms with Crippen molar-refractivity contribution in [2.75, 3.05) is 7.05 Å². The minimum Gasteiger partial charge on any atom is -0.391 e. The van der Waals surface area contributed by atoms with Gasteiger partial charge in [-0.1, -0.05) is 5.16 Å². The van der Waals surface area contributed by atoms with Crippen molar-refractivity contribution in [2.24, 2.45) is 11.5 Å². The molecule has 1 aromatic heterocycles. The van der Waals surface area contributed by atoms with Crippen LogP contribution in [0.3, 0.4) is 0 Å². The van der Waals surface area contributed by atoms with Crippen LogP contribution in [0.1, 0.15) is 11.5 Å². The van der Waals surface area contributed by atoms with Gasteiger partial charge >= 0.3 is 0 Å². The molecule has 0 unspecified atom stereocenters. The maximum absolute atomic E-state index is 11.8. The van der Waals surface area contributed by atoms with Crippen molar-refractivity contribution in [1.82, 2.24) is 15.4 Å². The van der Waals surface area contributed by atoms with Crippen LogP contribution >= 0.6 is 0 Å². The van der Waals surface area contributed by atoms with Crippen molar-refractivity contribution in [3.8, 4) is 0 Å². The highest BCUT2D eigenvalue weighted by atomic mass is 16.5. The third kappa shape index (κ3) is 3.00. The summed E-state index contributed by atoms with van der Waals surface area (Å²) in [6, 6.07) is 1.62. The molecule has 0 aliphatic carbocycles. The van der Waals surface area contributed by atoms with Crippen LogP contribution in [0.5, 0.6) is 0 Å². The lowest BCUT2D eigenvalue weighted by molar-refractivity contribution is -0.136. The minimum absolute atomic E-state index is 0.00295. The first-order valence-electron chi connectivity index (χ1n) is 5.11. The smallest absolute Gasteiger partial charge is 0.280 e. The number of imide groups is 1. The summed E-state index contributed by atoms with van der Waals surface area (Å²) < 4.78 is 4.83. The molecule has 0 saturated carbocycles. The zero-order valence-corrected chi connectivity index (χ0v) is 10.1. The van der Waals surface area contributed by atoms with Gasteiger partial charge in [0.1, 0.15) is 23.0 Å². The van der Waals surface area contributed by atoms with E-state index in [1.807, 2.05) is 0 Å². The summed E-state index contributed by atoms with van der Waals surface area (Å²) in [5.74, 6) is -0.109. The highest BCUT2D eigenvalue weighted by molar-refractivity contribution is 5.98. The molecule has 5 N–H and O–H groups in total. The first-order valence-corrected chi connectivity index (χ1v) is 5.11. The Kier molecular flexibility index (Phi) is 4.30. The normalized spacial score (nSPS) is 11.7. The van der Waals surface area contributed by atoms with E-state index in [2.05, 4.69) is 10.5 Å². The molecular formula is C10H15N5O3. The van der Waals surface area contributed by atoms with Crippen molar-refractivity contribution >= 4 is 12.3 Å². The maximum atomic E-state index is 11.8. The molecular weight excluding hydrogens is 238 g/mol. The second-order valence-corrected chi connectivity index (χ2v) is 3.54. The lowest BCUT2D eigenvalue weighted by Gasteiger charge is -2.15. The van der Waals surface area contributed by atoms with Crippen LogP contribution in [0.15, 0.2) is 22.1 Å². The Hall–Kier alpha value is -2.51. The molecule has 0 aliphatic heterocycles. The molecule has 0 radical (unpaired) electrons. The Morgan fingerprint density at radius 2 is 2.28 bits per heavy atom. The highest BCUT2D eigenvalue weighted by Crippen LogP contribution is 2.06. The average Bonchev–Trinajstić information content (AvgIpc) is 2.78. The van der Waals surface area contributed by atoms with E-state index in [9.17, 15) is 9.59 Å². The summed E-state index contributed by atoms with van der Waals surface area (Å²) in [5.41, 5.74) is 11.2. The van der Waals surface area contributed by atoms with E-state index in [1.165, 1.54) is 7.05 Å². The van der Waals surface area contributed by atoms with E-state index in [0.29, 0.717) is 17.9 Å². The van der Waals surface area contributed by atoms with E-state index < -0.39 is 5.91 Å². The number of nitrogens with two attached hydrogens (primary N) is 2. The van der Waals surface area contributed by atoms with Crippen molar-refractivity contribution in [2.45, 2.75) is 13.5 Å². The fraction of sp³-hybridized carbons (Fsp3) is 0.300. The van der Waals surface area contributed by atoms with Crippen LogP contribution in [0.25, 0.3) is 0 Å². The SMILES string of the molecule is CN/C(N)=C(/N)C(=O)N(C=O)Cc1cc(C)on1. The third-order valence-electron chi connectivity index (χ3n) is 2.19. The molecule has 1 rings (SSSR count). The zero-order valence-electron chi connectivity index (χ0n) is 10.1. The number of nitrogens with zero attached hydrogens (tertiary/aromatic N) is 2. The van der Waals surface area contributed by atoms with Crippen molar-refractivity contribution in [1.29, 1.82) is 0 Å². The second kappa shape index (κ2) is 5.71. The number of aromatic nitrogens is 1. The summed E-state index contributed by atoms with van der Waals surface area (Å²) in [6.07, 6.45) is 0.363. The van der Waals surface area contributed by atoms with Gasteiger partial charge in [0.05, 0.1) is 6.54 Å². The molecule has 0 aromatic carbocycles. The second-order valence-electron chi connectivity index (χ2n) is 3.54. The number of carbonyl (C=O) groups excluding carboxylic acids is 2. The van der Waals surface area contributed by atoms with Gasteiger partial charge in [-0.3, -0.25) is 14.5 Å². The molecule has 0 fully saturated rings. The fourth-order valence-electron chi connectivity index (χ4n) is 1.23.